The molecule has 0 saturated heterocycles. The molecule has 1 rings (SSSR count). The average Bonchev–Trinajstić information content (AvgIpc) is 2.65. The predicted molar refractivity (Wildman–Crippen MR) is 56.6 cm³/mol. The fourth-order valence-electron chi connectivity index (χ4n) is 0.902. The third-order valence-corrected chi connectivity index (χ3v) is 2.43. The molecule has 0 spiro atoms. The number of thiazole rings is 1. The second kappa shape index (κ2) is 5.97. The summed E-state index contributed by atoms with van der Waals surface area (Å²) in [6.45, 7) is 1.01. The molecule has 1 aromatic rings. The van der Waals surface area contributed by atoms with Crippen molar-refractivity contribution in [3.8, 4) is 0 Å². The largest absolute Gasteiger partial charge is 0.465 e. The fraction of sp³-hybridized carbons (Fsp3) is 0.375. The van der Waals surface area contributed by atoms with E-state index in [1.165, 1.54) is 17.5 Å². The number of amides is 1. The molecule has 0 saturated carbocycles. The first-order valence-corrected chi connectivity index (χ1v) is 5.15. The van der Waals surface area contributed by atoms with Crippen LogP contribution in [-0.2, 0) is 0 Å². The van der Waals surface area contributed by atoms with Crippen LogP contribution in [0, 0.1) is 0 Å². The van der Waals surface area contributed by atoms with Gasteiger partial charge in [-0.1, -0.05) is 11.3 Å². The smallest absolute Gasteiger partial charge is 0.404 e. The molecule has 7 heteroatoms. The molecule has 0 atom stereocenters. The fourth-order valence-corrected chi connectivity index (χ4v) is 1.56. The monoisotopic (exact) mass is 229 g/mol. The highest BCUT2D eigenvalue weighted by Crippen LogP contribution is 2.15. The number of nitrogens with zero attached hydrogens (tertiary/aromatic N) is 1. The third kappa shape index (κ3) is 4.41. The van der Waals surface area contributed by atoms with Crippen LogP contribution in [0.1, 0.15) is 16.1 Å². The van der Waals surface area contributed by atoms with E-state index in [2.05, 4.69) is 15.6 Å². The van der Waals surface area contributed by atoms with Crippen LogP contribution in [0.15, 0.2) is 6.20 Å². The molecule has 0 aromatic carbocycles. The van der Waals surface area contributed by atoms with Crippen LogP contribution in [0.2, 0.25) is 0 Å². The summed E-state index contributed by atoms with van der Waals surface area (Å²) in [5.74, 6) is 0. The van der Waals surface area contributed by atoms with Gasteiger partial charge in [-0.2, -0.15) is 0 Å². The van der Waals surface area contributed by atoms with Crippen molar-refractivity contribution in [3.05, 3.63) is 11.1 Å². The Morgan fingerprint density at radius 1 is 1.60 bits per heavy atom. The standard InChI is InChI=1S/C8H11N3O3S/c12-5-6-4-11-7(15-6)9-2-1-3-10-8(13)14/h4-5,10H,1-3H2,(H,9,11)(H,13,14). The molecule has 0 aliphatic heterocycles. The lowest BCUT2D eigenvalue weighted by Gasteiger charge is -2.01. The summed E-state index contributed by atoms with van der Waals surface area (Å²) in [6.07, 6.45) is 1.89. The molecule has 3 N–H and O–H groups in total. The van der Waals surface area contributed by atoms with Crippen LogP contribution in [0.5, 0.6) is 0 Å². The van der Waals surface area contributed by atoms with Gasteiger partial charge in [-0.05, 0) is 6.42 Å². The van der Waals surface area contributed by atoms with E-state index in [4.69, 9.17) is 5.11 Å². The Balaban J connectivity index is 2.14. The van der Waals surface area contributed by atoms with E-state index in [9.17, 15) is 9.59 Å². The molecule has 0 fully saturated rings. The molecule has 0 aliphatic carbocycles. The van der Waals surface area contributed by atoms with Gasteiger partial charge in [0.2, 0.25) is 0 Å². The maximum Gasteiger partial charge on any atom is 0.404 e. The van der Waals surface area contributed by atoms with Gasteiger partial charge in [0.1, 0.15) is 0 Å². The highest BCUT2D eigenvalue weighted by molar-refractivity contribution is 7.17. The molecule has 15 heavy (non-hydrogen) atoms. The number of hydrogen-bond donors (Lipinski definition) is 3. The van der Waals surface area contributed by atoms with Crippen molar-refractivity contribution in [2.75, 3.05) is 18.4 Å². The van der Waals surface area contributed by atoms with Gasteiger partial charge in [0.15, 0.2) is 11.4 Å². The molecule has 82 valence electrons. The van der Waals surface area contributed by atoms with Gasteiger partial charge in [0.05, 0.1) is 11.1 Å². The minimum atomic E-state index is -1.02. The first-order chi connectivity index (χ1) is 7.22. The zero-order chi connectivity index (χ0) is 11.1. The quantitative estimate of drug-likeness (QED) is 0.500. The Labute approximate surface area is 90.3 Å². The summed E-state index contributed by atoms with van der Waals surface area (Å²) in [4.78, 5) is 25.0. The molecule has 1 heterocycles. The van der Waals surface area contributed by atoms with Gasteiger partial charge in [-0.25, -0.2) is 9.78 Å². The van der Waals surface area contributed by atoms with Crippen LogP contribution < -0.4 is 10.6 Å². The van der Waals surface area contributed by atoms with Crippen LogP contribution in [0.4, 0.5) is 9.93 Å². The van der Waals surface area contributed by atoms with E-state index in [1.54, 1.807) is 0 Å². The lowest BCUT2D eigenvalue weighted by Crippen LogP contribution is -2.23. The molecule has 0 bridgehead atoms. The van der Waals surface area contributed by atoms with Gasteiger partial charge in [0, 0.05) is 13.1 Å². The predicted octanol–water partition coefficient (Wildman–Crippen LogP) is 1.03. The van der Waals surface area contributed by atoms with Crippen molar-refractivity contribution in [2.24, 2.45) is 0 Å². The summed E-state index contributed by atoms with van der Waals surface area (Å²) in [5.41, 5.74) is 0. The number of aromatic nitrogens is 1. The van der Waals surface area contributed by atoms with Gasteiger partial charge >= 0.3 is 6.09 Å². The van der Waals surface area contributed by atoms with Crippen molar-refractivity contribution in [3.63, 3.8) is 0 Å². The molecule has 6 nitrogen and oxygen atoms in total. The second-order valence-corrected chi connectivity index (χ2v) is 3.76. The Kier molecular flexibility index (Phi) is 4.55. The summed E-state index contributed by atoms with van der Waals surface area (Å²) < 4.78 is 0. The van der Waals surface area contributed by atoms with Gasteiger partial charge in [-0.15, -0.1) is 0 Å². The van der Waals surface area contributed by atoms with E-state index in [-0.39, 0.29) is 0 Å². The Bertz CT molecular complexity index is 340. The summed E-state index contributed by atoms with van der Waals surface area (Å²) >= 11 is 1.27. The molecule has 0 radical (unpaired) electrons. The summed E-state index contributed by atoms with van der Waals surface area (Å²) in [5, 5.41) is 14.2. The van der Waals surface area contributed by atoms with E-state index in [1.807, 2.05) is 0 Å². The van der Waals surface area contributed by atoms with Gasteiger partial charge in [-0.3, -0.25) is 4.79 Å². The third-order valence-electron chi connectivity index (χ3n) is 1.55. The number of aldehydes is 1. The van der Waals surface area contributed by atoms with E-state index in [0.717, 1.165) is 6.29 Å². The zero-order valence-corrected chi connectivity index (χ0v) is 8.71. The number of carboxylic acid groups (broad SMARTS) is 1. The first-order valence-electron chi connectivity index (χ1n) is 4.34. The van der Waals surface area contributed by atoms with Crippen molar-refractivity contribution >= 4 is 28.8 Å². The van der Waals surface area contributed by atoms with Crippen LogP contribution in [0.3, 0.4) is 0 Å². The number of anilines is 1. The number of carbonyl (C=O) groups is 2. The molecule has 1 aromatic heterocycles. The number of hydrogen-bond acceptors (Lipinski definition) is 5. The SMILES string of the molecule is O=Cc1cnc(NCCCNC(=O)O)s1. The lowest BCUT2D eigenvalue weighted by molar-refractivity contribution is 0.112. The van der Waals surface area contributed by atoms with Crippen LogP contribution >= 0.6 is 11.3 Å². The topological polar surface area (TPSA) is 91.3 Å². The second-order valence-electron chi connectivity index (χ2n) is 2.70. The number of rotatable bonds is 6. The van der Waals surface area contributed by atoms with Crippen molar-refractivity contribution in [1.29, 1.82) is 0 Å². The maximum absolute atomic E-state index is 10.3. The molecule has 1 amide bonds. The lowest BCUT2D eigenvalue weighted by atomic mass is 10.4. The molecular formula is C8H11N3O3S. The van der Waals surface area contributed by atoms with E-state index >= 15 is 0 Å². The molecule has 0 aliphatic rings. The summed E-state index contributed by atoms with van der Waals surface area (Å²) in [7, 11) is 0. The first kappa shape index (κ1) is 11.4. The normalized spacial score (nSPS) is 9.60. The molecule has 0 unspecified atom stereocenters. The minimum Gasteiger partial charge on any atom is -0.465 e. The average molecular weight is 229 g/mol. The van der Waals surface area contributed by atoms with Crippen molar-refractivity contribution in [1.82, 2.24) is 10.3 Å². The van der Waals surface area contributed by atoms with E-state index in [0.29, 0.717) is 29.5 Å². The van der Waals surface area contributed by atoms with Gasteiger partial charge in [0.25, 0.3) is 0 Å². The highest BCUT2D eigenvalue weighted by Gasteiger charge is 1.99. The maximum atomic E-state index is 10.3. The zero-order valence-electron chi connectivity index (χ0n) is 7.90. The number of nitrogens with one attached hydrogen (secondary N) is 2. The van der Waals surface area contributed by atoms with Crippen molar-refractivity contribution < 1.29 is 14.7 Å². The minimum absolute atomic E-state index is 0.397. The molecular weight excluding hydrogens is 218 g/mol. The van der Waals surface area contributed by atoms with Crippen LogP contribution in [0.25, 0.3) is 0 Å². The summed E-state index contributed by atoms with van der Waals surface area (Å²) in [6, 6.07) is 0. The van der Waals surface area contributed by atoms with Crippen molar-refractivity contribution in [2.45, 2.75) is 6.42 Å². The Morgan fingerprint density at radius 2 is 2.40 bits per heavy atom. The van der Waals surface area contributed by atoms with Gasteiger partial charge < -0.3 is 15.7 Å². The van der Waals surface area contributed by atoms with E-state index < -0.39 is 6.09 Å². The number of carbonyl (C=O) groups excluding carboxylic acids is 1. The highest BCUT2D eigenvalue weighted by atomic mass is 32.1. The Morgan fingerprint density at radius 3 is 3.00 bits per heavy atom. The Hall–Kier alpha value is -1.63. The van der Waals surface area contributed by atoms with Crippen LogP contribution in [-0.4, -0.2) is 35.6 Å².